The maximum atomic E-state index is 4.73. The molecule has 0 spiro atoms. The first-order chi connectivity index (χ1) is 12.7. The van der Waals surface area contributed by atoms with Gasteiger partial charge >= 0.3 is 0 Å². The average molecular weight is 381 g/mol. The molecule has 0 unspecified atom stereocenters. The van der Waals surface area contributed by atoms with Crippen molar-refractivity contribution < 1.29 is 0 Å². The van der Waals surface area contributed by atoms with E-state index in [0.717, 1.165) is 34.5 Å². The van der Waals surface area contributed by atoms with Crippen LogP contribution in [0, 0.1) is 13.8 Å². The number of nitrogens with one attached hydrogen (secondary N) is 1. The van der Waals surface area contributed by atoms with Crippen LogP contribution in [0.2, 0.25) is 0 Å². The predicted molar refractivity (Wildman–Crippen MR) is 110 cm³/mol. The lowest BCUT2D eigenvalue weighted by Crippen LogP contribution is -2.00. The molecule has 0 atom stereocenters. The Hall–Kier alpha value is -2.44. The van der Waals surface area contributed by atoms with Crippen LogP contribution in [0.4, 0.5) is 5.13 Å². The molecule has 6 heteroatoms. The van der Waals surface area contributed by atoms with Gasteiger partial charge in [0, 0.05) is 12.7 Å². The molecule has 4 rings (SSSR count). The highest BCUT2D eigenvalue weighted by atomic mass is 32.1. The topological polar surface area (TPSA) is 42.7 Å². The van der Waals surface area contributed by atoms with Crippen LogP contribution in [-0.4, -0.2) is 14.8 Å². The van der Waals surface area contributed by atoms with Crippen molar-refractivity contribution in [1.29, 1.82) is 0 Å². The second-order valence-electron chi connectivity index (χ2n) is 6.24. The van der Waals surface area contributed by atoms with Gasteiger partial charge in [0.2, 0.25) is 0 Å². The number of anilines is 1. The minimum Gasteiger partial charge on any atom is -0.357 e. The van der Waals surface area contributed by atoms with Crippen molar-refractivity contribution in [1.82, 2.24) is 14.8 Å². The molecule has 0 fully saturated rings. The molecule has 0 amide bonds. The molecule has 0 aliphatic heterocycles. The highest BCUT2D eigenvalue weighted by molar-refractivity contribution is 7.19. The van der Waals surface area contributed by atoms with Crippen molar-refractivity contribution >= 4 is 27.8 Å². The van der Waals surface area contributed by atoms with Crippen LogP contribution in [0.25, 0.3) is 10.6 Å². The van der Waals surface area contributed by atoms with E-state index in [2.05, 4.69) is 64.4 Å². The maximum absolute atomic E-state index is 4.73. The van der Waals surface area contributed by atoms with Crippen molar-refractivity contribution in [2.24, 2.45) is 0 Å². The number of thiazole rings is 1. The normalized spacial score (nSPS) is 11.0. The van der Waals surface area contributed by atoms with Gasteiger partial charge < -0.3 is 5.32 Å². The summed E-state index contributed by atoms with van der Waals surface area (Å²) in [5.74, 6) is 0. The standard InChI is InChI=1S/C20H20N4S2/c1-14-5-3-4-6-17(14)11-21-20-22-15(2)19(26-20)18-7-9-24(23-18)12-16-8-10-25-13-16/h3-10,13H,11-12H2,1-2H3,(H,21,22). The van der Waals surface area contributed by atoms with Gasteiger partial charge in [-0.15, -0.1) is 0 Å². The third-order valence-electron chi connectivity index (χ3n) is 4.29. The fraction of sp³-hybridized carbons (Fsp3) is 0.200. The van der Waals surface area contributed by atoms with E-state index < -0.39 is 0 Å². The van der Waals surface area contributed by atoms with Crippen molar-refractivity contribution in [2.45, 2.75) is 26.9 Å². The summed E-state index contributed by atoms with van der Waals surface area (Å²) in [6, 6.07) is 12.6. The van der Waals surface area contributed by atoms with Gasteiger partial charge in [-0.1, -0.05) is 35.6 Å². The first-order valence-electron chi connectivity index (χ1n) is 8.50. The third-order valence-corrected chi connectivity index (χ3v) is 6.16. The number of hydrogen-bond donors (Lipinski definition) is 1. The van der Waals surface area contributed by atoms with Crippen molar-refractivity contribution in [2.75, 3.05) is 5.32 Å². The predicted octanol–water partition coefficient (Wildman–Crippen LogP) is 5.35. The zero-order valence-electron chi connectivity index (χ0n) is 14.8. The second kappa shape index (κ2) is 7.43. The molecule has 0 aliphatic rings. The number of benzene rings is 1. The number of rotatable bonds is 6. The summed E-state index contributed by atoms with van der Waals surface area (Å²) in [7, 11) is 0. The average Bonchev–Trinajstić information content (AvgIpc) is 3.36. The van der Waals surface area contributed by atoms with Gasteiger partial charge in [0.15, 0.2) is 5.13 Å². The summed E-state index contributed by atoms with van der Waals surface area (Å²) < 4.78 is 1.98. The van der Waals surface area contributed by atoms with Crippen LogP contribution < -0.4 is 5.32 Å². The number of hydrogen-bond acceptors (Lipinski definition) is 5. The molecule has 0 radical (unpaired) electrons. The molecular weight excluding hydrogens is 360 g/mol. The van der Waals surface area contributed by atoms with Gasteiger partial charge in [0.05, 0.1) is 17.1 Å². The molecule has 132 valence electrons. The number of nitrogens with zero attached hydrogens (tertiary/aromatic N) is 3. The van der Waals surface area contributed by atoms with E-state index in [1.165, 1.54) is 16.7 Å². The Morgan fingerprint density at radius 2 is 2.00 bits per heavy atom. The van der Waals surface area contributed by atoms with E-state index in [-0.39, 0.29) is 0 Å². The minimum atomic E-state index is 0.783. The molecule has 3 heterocycles. The highest BCUT2D eigenvalue weighted by Gasteiger charge is 2.13. The summed E-state index contributed by atoms with van der Waals surface area (Å²) in [4.78, 5) is 5.80. The monoisotopic (exact) mass is 380 g/mol. The lowest BCUT2D eigenvalue weighted by Gasteiger charge is -2.05. The third kappa shape index (κ3) is 3.71. The summed E-state index contributed by atoms with van der Waals surface area (Å²) in [6.45, 7) is 5.77. The van der Waals surface area contributed by atoms with Gasteiger partial charge in [0.25, 0.3) is 0 Å². The molecule has 0 saturated heterocycles. The summed E-state index contributed by atoms with van der Waals surface area (Å²) >= 11 is 3.38. The Labute approximate surface area is 161 Å². The van der Waals surface area contributed by atoms with Crippen LogP contribution >= 0.6 is 22.7 Å². The summed E-state index contributed by atoms with van der Waals surface area (Å²) in [5.41, 5.74) is 5.87. The number of thiophene rings is 1. The molecule has 26 heavy (non-hydrogen) atoms. The van der Waals surface area contributed by atoms with Gasteiger partial charge in [0.1, 0.15) is 5.69 Å². The van der Waals surface area contributed by atoms with E-state index in [1.54, 1.807) is 22.7 Å². The Morgan fingerprint density at radius 1 is 1.12 bits per heavy atom. The van der Waals surface area contributed by atoms with Gasteiger partial charge in [-0.3, -0.25) is 4.68 Å². The van der Waals surface area contributed by atoms with E-state index in [9.17, 15) is 0 Å². The lowest BCUT2D eigenvalue weighted by molar-refractivity contribution is 0.691. The second-order valence-corrected chi connectivity index (χ2v) is 8.02. The molecule has 0 saturated carbocycles. The molecule has 0 aliphatic carbocycles. The van der Waals surface area contributed by atoms with Crippen molar-refractivity contribution in [3.63, 3.8) is 0 Å². The van der Waals surface area contributed by atoms with Crippen LogP contribution in [0.5, 0.6) is 0 Å². The Bertz CT molecular complexity index is 999. The molecule has 1 aromatic carbocycles. The Kier molecular flexibility index (Phi) is 4.86. The van der Waals surface area contributed by atoms with Gasteiger partial charge in [-0.05, 0) is 53.4 Å². The first kappa shape index (κ1) is 17.0. The summed E-state index contributed by atoms with van der Waals surface area (Å²) in [5, 5.41) is 13.4. The molecule has 4 nitrogen and oxygen atoms in total. The highest BCUT2D eigenvalue weighted by Crippen LogP contribution is 2.32. The molecule has 1 N–H and O–H groups in total. The fourth-order valence-corrected chi connectivity index (χ4v) is 4.42. The lowest BCUT2D eigenvalue weighted by atomic mass is 10.1. The zero-order valence-corrected chi connectivity index (χ0v) is 16.4. The van der Waals surface area contributed by atoms with Crippen molar-refractivity contribution in [3.8, 4) is 10.6 Å². The van der Waals surface area contributed by atoms with Crippen LogP contribution in [0.3, 0.4) is 0 Å². The van der Waals surface area contributed by atoms with Crippen LogP contribution in [0.15, 0.2) is 53.4 Å². The van der Waals surface area contributed by atoms with E-state index >= 15 is 0 Å². The quantitative estimate of drug-likeness (QED) is 0.491. The van der Waals surface area contributed by atoms with E-state index in [1.807, 2.05) is 17.8 Å². The smallest absolute Gasteiger partial charge is 0.183 e. The van der Waals surface area contributed by atoms with E-state index in [0.29, 0.717) is 0 Å². The number of aromatic nitrogens is 3. The Morgan fingerprint density at radius 3 is 2.81 bits per heavy atom. The zero-order chi connectivity index (χ0) is 17.9. The molecule has 4 aromatic rings. The van der Waals surface area contributed by atoms with Crippen LogP contribution in [0.1, 0.15) is 22.4 Å². The Balaban J connectivity index is 1.48. The molecular formula is C20H20N4S2. The summed E-state index contributed by atoms with van der Waals surface area (Å²) in [6.07, 6.45) is 2.03. The first-order valence-corrected chi connectivity index (χ1v) is 10.3. The largest absolute Gasteiger partial charge is 0.357 e. The van der Waals surface area contributed by atoms with Crippen LogP contribution in [-0.2, 0) is 13.1 Å². The van der Waals surface area contributed by atoms with Gasteiger partial charge in [-0.2, -0.15) is 16.4 Å². The molecule has 3 aromatic heterocycles. The number of aryl methyl sites for hydroxylation is 2. The molecule has 0 bridgehead atoms. The fourth-order valence-electron chi connectivity index (χ4n) is 2.83. The SMILES string of the molecule is Cc1ccccc1CNc1nc(C)c(-c2ccn(Cc3ccsc3)n2)s1. The minimum absolute atomic E-state index is 0.783. The van der Waals surface area contributed by atoms with E-state index in [4.69, 9.17) is 5.10 Å². The van der Waals surface area contributed by atoms with Gasteiger partial charge in [-0.25, -0.2) is 4.98 Å². The van der Waals surface area contributed by atoms with Crippen molar-refractivity contribution in [3.05, 3.63) is 75.7 Å². The maximum Gasteiger partial charge on any atom is 0.183 e.